The minimum atomic E-state index is -0.00363. The summed E-state index contributed by atoms with van der Waals surface area (Å²) in [4.78, 5) is 16.8. The highest BCUT2D eigenvalue weighted by Gasteiger charge is 2.18. The molecule has 1 fully saturated rings. The molecule has 1 aromatic rings. The topological polar surface area (TPSA) is 38.8 Å². The van der Waals surface area contributed by atoms with E-state index in [2.05, 4.69) is 0 Å². The molecule has 92 valence electrons. The molecular weight excluding hydrogens is 218 g/mol. The van der Waals surface area contributed by atoms with E-state index in [0.29, 0.717) is 26.2 Å². The fraction of sp³-hybridized carbons (Fsp3) is 0.462. The number of hydroxylamine groups is 2. The molecule has 0 aromatic heterocycles. The van der Waals surface area contributed by atoms with E-state index in [4.69, 9.17) is 9.57 Å². The third kappa shape index (κ3) is 3.20. The van der Waals surface area contributed by atoms with Gasteiger partial charge in [0, 0.05) is 0 Å². The average Bonchev–Trinajstić information content (AvgIpc) is 2.85. The van der Waals surface area contributed by atoms with Crippen LogP contribution in [0.4, 0.5) is 0 Å². The van der Waals surface area contributed by atoms with Crippen LogP contribution in [-0.2, 0) is 9.63 Å². The van der Waals surface area contributed by atoms with Crippen molar-refractivity contribution in [2.45, 2.75) is 19.8 Å². The maximum absolute atomic E-state index is 11.6. The molecule has 0 bridgehead atoms. The van der Waals surface area contributed by atoms with Crippen LogP contribution in [0.5, 0.6) is 5.75 Å². The summed E-state index contributed by atoms with van der Waals surface area (Å²) in [6, 6.07) is 7.78. The zero-order valence-electron chi connectivity index (χ0n) is 10.0. The Kier molecular flexibility index (Phi) is 3.98. The molecule has 4 heteroatoms. The predicted octanol–water partition coefficient (Wildman–Crippen LogP) is 1.93. The monoisotopic (exact) mass is 235 g/mol. The Hall–Kier alpha value is -1.55. The van der Waals surface area contributed by atoms with Crippen LogP contribution in [0.1, 0.15) is 18.4 Å². The first-order chi connectivity index (χ1) is 8.27. The van der Waals surface area contributed by atoms with Crippen molar-refractivity contribution in [2.75, 3.05) is 19.8 Å². The van der Waals surface area contributed by atoms with Crippen LogP contribution < -0.4 is 4.74 Å². The van der Waals surface area contributed by atoms with E-state index in [1.54, 1.807) is 0 Å². The Morgan fingerprint density at radius 3 is 3.00 bits per heavy atom. The van der Waals surface area contributed by atoms with Gasteiger partial charge in [-0.1, -0.05) is 18.2 Å². The van der Waals surface area contributed by atoms with Crippen molar-refractivity contribution in [1.29, 1.82) is 0 Å². The molecule has 1 saturated heterocycles. The Bertz CT molecular complexity index is 386. The molecule has 17 heavy (non-hydrogen) atoms. The van der Waals surface area contributed by atoms with Crippen molar-refractivity contribution in [3.05, 3.63) is 29.8 Å². The first-order valence-corrected chi connectivity index (χ1v) is 5.89. The normalized spacial score (nSPS) is 15.0. The summed E-state index contributed by atoms with van der Waals surface area (Å²) in [6.45, 7) is 3.72. The quantitative estimate of drug-likeness (QED) is 0.800. The van der Waals surface area contributed by atoms with Crippen molar-refractivity contribution in [3.8, 4) is 5.75 Å². The number of hydrogen-bond acceptors (Lipinski definition) is 3. The van der Waals surface area contributed by atoms with Crippen LogP contribution in [0.25, 0.3) is 0 Å². The number of carbonyl (C=O) groups excluding carboxylic acids is 1. The number of para-hydroxylation sites is 1. The molecule has 0 atom stereocenters. The van der Waals surface area contributed by atoms with E-state index in [1.807, 2.05) is 31.2 Å². The van der Waals surface area contributed by atoms with Crippen molar-refractivity contribution in [3.63, 3.8) is 0 Å². The molecule has 0 spiro atoms. The lowest BCUT2D eigenvalue weighted by molar-refractivity contribution is -0.169. The van der Waals surface area contributed by atoms with Gasteiger partial charge in [-0.3, -0.25) is 9.63 Å². The van der Waals surface area contributed by atoms with Gasteiger partial charge in [0.2, 0.25) is 5.91 Å². The number of ether oxygens (including phenoxy) is 1. The summed E-state index contributed by atoms with van der Waals surface area (Å²) in [7, 11) is 0. The fourth-order valence-electron chi connectivity index (χ4n) is 1.74. The molecule has 1 aliphatic rings. The second-order valence-electron chi connectivity index (χ2n) is 4.05. The third-order valence-electron chi connectivity index (χ3n) is 2.70. The number of amides is 1. The molecule has 0 N–H and O–H groups in total. The van der Waals surface area contributed by atoms with E-state index in [-0.39, 0.29) is 5.91 Å². The lowest BCUT2D eigenvalue weighted by Crippen LogP contribution is -2.27. The highest BCUT2D eigenvalue weighted by atomic mass is 16.7. The second kappa shape index (κ2) is 5.68. The predicted molar refractivity (Wildman–Crippen MR) is 63.6 cm³/mol. The Morgan fingerprint density at radius 1 is 1.47 bits per heavy atom. The van der Waals surface area contributed by atoms with Crippen molar-refractivity contribution in [2.24, 2.45) is 0 Å². The van der Waals surface area contributed by atoms with Gasteiger partial charge in [0.05, 0.1) is 26.2 Å². The second-order valence-corrected chi connectivity index (χ2v) is 4.05. The standard InChI is InChI=1S/C13H17NO3/c1-11-5-2-3-6-12(11)16-10-7-13(15)14-8-4-9-17-14/h2-3,5-6H,4,7-10H2,1H3. The van der Waals surface area contributed by atoms with Gasteiger partial charge < -0.3 is 4.74 Å². The molecule has 0 unspecified atom stereocenters. The van der Waals surface area contributed by atoms with E-state index >= 15 is 0 Å². The maximum Gasteiger partial charge on any atom is 0.249 e. The maximum atomic E-state index is 11.6. The molecule has 0 radical (unpaired) electrons. The Labute approximate surface area is 101 Å². The molecular formula is C13H17NO3. The lowest BCUT2D eigenvalue weighted by atomic mass is 10.2. The molecule has 1 amide bonds. The lowest BCUT2D eigenvalue weighted by Gasteiger charge is -2.14. The minimum Gasteiger partial charge on any atom is -0.493 e. The highest BCUT2D eigenvalue weighted by molar-refractivity contribution is 5.75. The van der Waals surface area contributed by atoms with Crippen molar-refractivity contribution in [1.82, 2.24) is 5.06 Å². The summed E-state index contributed by atoms with van der Waals surface area (Å²) < 4.78 is 5.56. The van der Waals surface area contributed by atoms with Crippen LogP contribution in [0.2, 0.25) is 0 Å². The summed E-state index contributed by atoms with van der Waals surface area (Å²) in [5.74, 6) is 0.832. The van der Waals surface area contributed by atoms with E-state index in [1.165, 1.54) is 5.06 Å². The fourth-order valence-corrected chi connectivity index (χ4v) is 1.74. The van der Waals surface area contributed by atoms with Gasteiger partial charge in [0.15, 0.2) is 0 Å². The highest BCUT2D eigenvalue weighted by Crippen LogP contribution is 2.16. The van der Waals surface area contributed by atoms with Gasteiger partial charge in [-0.15, -0.1) is 0 Å². The minimum absolute atomic E-state index is 0.00363. The summed E-state index contributed by atoms with van der Waals surface area (Å²) >= 11 is 0. The summed E-state index contributed by atoms with van der Waals surface area (Å²) in [5, 5.41) is 1.43. The molecule has 2 rings (SSSR count). The first kappa shape index (κ1) is 11.9. The van der Waals surface area contributed by atoms with Crippen molar-refractivity contribution < 1.29 is 14.4 Å². The van der Waals surface area contributed by atoms with Crippen LogP contribution >= 0.6 is 0 Å². The zero-order valence-corrected chi connectivity index (χ0v) is 10.0. The SMILES string of the molecule is Cc1ccccc1OCCC(=O)N1CCCO1. The molecule has 4 nitrogen and oxygen atoms in total. The molecule has 1 heterocycles. The van der Waals surface area contributed by atoms with Gasteiger partial charge in [-0.05, 0) is 25.0 Å². The number of aryl methyl sites for hydroxylation is 1. The smallest absolute Gasteiger partial charge is 0.249 e. The number of benzene rings is 1. The molecule has 1 aliphatic heterocycles. The largest absolute Gasteiger partial charge is 0.493 e. The number of hydrogen-bond donors (Lipinski definition) is 0. The molecule has 1 aromatic carbocycles. The number of nitrogens with zero attached hydrogens (tertiary/aromatic N) is 1. The van der Waals surface area contributed by atoms with E-state index in [9.17, 15) is 4.79 Å². The first-order valence-electron chi connectivity index (χ1n) is 5.89. The van der Waals surface area contributed by atoms with Gasteiger partial charge in [-0.2, -0.15) is 0 Å². The van der Waals surface area contributed by atoms with Crippen LogP contribution in [0, 0.1) is 6.92 Å². The Morgan fingerprint density at radius 2 is 2.29 bits per heavy atom. The van der Waals surface area contributed by atoms with Gasteiger partial charge in [-0.25, -0.2) is 5.06 Å². The van der Waals surface area contributed by atoms with Crippen LogP contribution in [0.15, 0.2) is 24.3 Å². The van der Waals surface area contributed by atoms with Gasteiger partial charge in [0.1, 0.15) is 5.75 Å². The van der Waals surface area contributed by atoms with E-state index in [0.717, 1.165) is 17.7 Å². The average molecular weight is 235 g/mol. The third-order valence-corrected chi connectivity index (χ3v) is 2.70. The Balaban J connectivity index is 1.76. The number of rotatable bonds is 4. The van der Waals surface area contributed by atoms with E-state index < -0.39 is 0 Å². The van der Waals surface area contributed by atoms with Gasteiger partial charge >= 0.3 is 0 Å². The number of carbonyl (C=O) groups is 1. The zero-order chi connectivity index (χ0) is 12.1. The molecule has 0 saturated carbocycles. The van der Waals surface area contributed by atoms with Crippen LogP contribution in [0.3, 0.4) is 0 Å². The van der Waals surface area contributed by atoms with Crippen molar-refractivity contribution >= 4 is 5.91 Å². The summed E-state index contributed by atoms with van der Waals surface area (Å²) in [6.07, 6.45) is 1.28. The van der Waals surface area contributed by atoms with Crippen LogP contribution in [-0.4, -0.2) is 30.7 Å². The summed E-state index contributed by atoms with van der Waals surface area (Å²) in [5.41, 5.74) is 1.08. The molecule has 0 aliphatic carbocycles. The van der Waals surface area contributed by atoms with Gasteiger partial charge in [0.25, 0.3) is 0 Å².